The summed E-state index contributed by atoms with van der Waals surface area (Å²) in [5, 5.41) is 6.15. The summed E-state index contributed by atoms with van der Waals surface area (Å²) in [5.74, 6) is 0. The molecule has 1 aromatic carbocycles. The maximum atomic E-state index is 5.58. The zero-order chi connectivity index (χ0) is 13.1. The first-order chi connectivity index (χ1) is 9.33. The summed E-state index contributed by atoms with van der Waals surface area (Å²) in [5.41, 5.74) is 1.28. The highest BCUT2D eigenvalue weighted by Crippen LogP contribution is 2.18. The Hall–Kier alpha value is -1.45. The van der Waals surface area contributed by atoms with Gasteiger partial charge in [-0.3, -0.25) is 4.98 Å². The number of rotatable bonds is 3. The summed E-state index contributed by atoms with van der Waals surface area (Å²) in [6.07, 6.45) is 6.46. The van der Waals surface area contributed by atoms with E-state index in [1.54, 1.807) is 0 Å². The van der Waals surface area contributed by atoms with Gasteiger partial charge in [-0.2, -0.15) is 0 Å². The van der Waals surface area contributed by atoms with E-state index in [-0.39, 0.29) is 0 Å². The number of nitrogens with one attached hydrogen (secondary N) is 1. The SMILES string of the molecule is CC1CC(NCc2cncc3ccccc23)CCO1. The Labute approximate surface area is 114 Å². The van der Waals surface area contributed by atoms with Crippen molar-refractivity contribution in [2.75, 3.05) is 6.61 Å². The molecule has 1 saturated heterocycles. The Balaban J connectivity index is 1.71. The van der Waals surface area contributed by atoms with Crippen molar-refractivity contribution >= 4 is 10.8 Å². The van der Waals surface area contributed by atoms with Gasteiger partial charge in [0.1, 0.15) is 0 Å². The Morgan fingerprint density at radius 1 is 1.32 bits per heavy atom. The maximum Gasteiger partial charge on any atom is 0.0561 e. The lowest BCUT2D eigenvalue weighted by molar-refractivity contribution is 0.0130. The van der Waals surface area contributed by atoms with Crippen LogP contribution >= 0.6 is 0 Å². The molecule has 0 amide bonds. The van der Waals surface area contributed by atoms with E-state index >= 15 is 0 Å². The van der Waals surface area contributed by atoms with Crippen LogP contribution in [-0.2, 0) is 11.3 Å². The second-order valence-electron chi connectivity index (χ2n) is 5.30. The first-order valence-electron chi connectivity index (χ1n) is 6.99. The van der Waals surface area contributed by atoms with Gasteiger partial charge in [0.15, 0.2) is 0 Å². The van der Waals surface area contributed by atoms with Crippen LogP contribution in [0.15, 0.2) is 36.7 Å². The van der Waals surface area contributed by atoms with Crippen molar-refractivity contribution in [3.8, 4) is 0 Å². The number of hydrogen-bond donors (Lipinski definition) is 1. The third-order valence-corrected chi connectivity index (χ3v) is 3.82. The molecule has 1 fully saturated rings. The minimum Gasteiger partial charge on any atom is -0.378 e. The minimum absolute atomic E-state index is 0.372. The van der Waals surface area contributed by atoms with Crippen LogP contribution < -0.4 is 5.32 Å². The Bertz CT molecular complexity index is 550. The number of fused-ring (bicyclic) bond motifs is 1. The summed E-state index contributed by atoms with van der Waals surface area (Å²) >= 11 is 0. The van der Waals surface area contributed by atoms with Crippen molar-refractivity contribution in [1.82, 2.24) is 10.3 Å². The molecule has 3 heteroatoms. The molecule has 100 valence electrons. The predicted octanol–water partition coefficient (Wildman–Crippen LogP) is 2.89. The first-order valence-corrected chi connectivity index (χ1v) is 6.99. The van der Waals surface area contributed by atoms with Crippen LogP contribution in [0.4, 0.5) is 0 Å². The molecule has 0 radical (unpaired) electrons. The van der Waals surface area contributed by atoms with Gasteiger partial charge in [-0.1, -0.05) is 24.3 Å². The first kappa shape index (κ1) is 12.6. The topological polar surface area (TPSA) is 34.2 Å². The van der Waals surface area contributed by atoms with Gasteiger partial charge in [0.2, 0.25) is 0 Å². The highest BCUT2D eigenvalue weighted by Gasteiger charge is 2.18. The molecule has 2 atom stereocenters. The molecule has 1 aliphatic heterocycles. The van der Waals surface area contributed by atoms with Gasteiger partial charge in [-0.15, -0.1) is 0 Å². The van der Waals surface area contributed by atoms with Gasteiger partial charge in [0.25, 0.3) is 0 Å². The largest absolute Gasteiger partial charge is 0.378 e. The highest BCUT2D eigenvalue weighted by molar-refractivity contribution is 5.84. The molecule has 19 heavy (non-hydrogen) atoms. The standard InChI is InChI=1S/C16H20N2O/c1-12-8-15(6-7-19-12)18-11-14-10-17-9-13-4-2-3-5-16(13)14/h2-5,9-10,12,15,18H,6-8,11H2,1H3. The van der Waals surface area contributed by atoms with Crippen molar-refractivity contribution in [1.29, 1.82) is 0 Å². The van der Waals surface area contributed by atoms with Crippen LogP contribution in [0.2, 0.25) is 0 Å². The van der Waals surface area contributed by atoms with Gasteiger partial charge in [0, 0.05) is 37.0 Å². The maximum absolute atomic E-state index is 5.58. The Kier molecular flexibility index (Phi) is 3.76. The van der Waals surface area contributed by atoms with E-state index in [2.05, 4.69) is 41.5 Å². The van der Waals surface area contributed by atoms with Crippen molar-refractivity contribution in [3.63, 3.8) is 0 Å². The average molecular weight is 256 g/mol. The van der Waals surface area contributed by atoms with Crippen LogP contribution in [0.3, 0.4) is 0 Å². The van der Waals surface area contributed by atoms with E-state index in [1.807, 2.05) is 12.4 Å². The number of aromatic nitrogens is 1. The van der Waals surface area contributed by atoms with Crippen LogP contribution in [0.5, 0.6) is 0 Å². The van der Waals surface area contributed by atoms with Crippen LogP contribution in [-0.4, -0.2) is 23.7 Å². The van der Waals surface area contributed by atoms with Gasteiger partial charge in [-0.25, -0.2) is 0 Å². The van der Waals surface area contributed by atoms with E-state index < -0.39 is 0 Å². The van der Waals surface area contributed by atoms with E-state index in [9.17, 15) is 0 Å². The molecule has 2 unspecified atom stereocenters. The van der Waals surface area contributed by atoms with Gasteiger partial charge >= 0.3 is 0 Å². The fraction of sp³-hybridized carbons (Fsp3) is 0.438. The molecule has 1 N–H and O–H groups in total. The third-order valence-electron chi connectivity index (χ3n) is 3.82. The number of benzene rings is 1. The molecule has 3 rings (SSSR count). The van der Waals surface area contributed by atoms with Crippen molar-refractivity contribution in [2.45, 2.75) is 38.5 Å². The zero-order valence-electron chi connectivity index (χ0n) is 11.3. The summed E-state index contributed by atoms with van der Waals surface area (Å²) in [6, 6.07) is 8.98. The van der Waals surface area contributed by atoms with E-state index in [0.29, 0.717) is 12.1 Å². The monoisotopic (exact) mass is 256 g/mol. The van der Waals surface area contributed by atoms with Gasteiger partial charge in [-0.05, 0) is 30.7 Å². The minimum atomic E-state index is 0.372. The lowest BCUT2D eigenvalue weighted by atomic mass is 10.0. The zero-order valence-corrected chi connectivity index (χ0v) is 11.3. The molecular formula is C16H20N2O. The lowest BCUT2D eigenvalue weighted by Gasteiger charge is -2.28. The molecule has 2 heterocycles. The van der Waals surface area contributed by atoms with Crippen molar-refractivity contribution in [3.05, 3.63) is 42.2 Å². The molecular weight excluding hydrogens is 236 g/mol. The highest BCUT2D eigenvalue weighted by atomic mass is 16.5. The smallest absolute Gasteiger partial charge is 0.0561 e. The summed E-state index contributed by atoms with van der Waals surface area (Å²) in [7, 11) is 0. The summed E-state index contributed by atoms with van der Waals surface area (Å²) < 4.78 is 5.58. The third kappa shape index (κ3) is 2.94. The van der Waals surface area contributed by atoms with Gasteiger partial charge < -0.3 is 10.1 Å². The van der Waals surface area contributed by atoms with Crippen molar-refractivity contribution < 1.29 is 4.74 Å². The van der Waals surface area contributed by atoms with Crippen LogP contribution in [0.1, 0.15) is 25.3 Å². The van der Waals surface area contributed by atoms with Crippen LogP contribution in [0.25, 0.3) is 10.8 Å². The second-order valence-corrected chi connectivity index (χ2v) is 5.30. The molecule has 0 bridgehead atoms. The summed E-state index contributed by atoms with van der Waals surface area (Å²) in [6.45, 7) is 3.89. The average Bonchev–Trinajstić information content (AvgIpc) is 2.45. The summed E-state index contributed by atoms with van der Waals surface area (Å²) in [4.78, 5) is 4.33. The number of nitrogens with zero attached hydrogens (tertiary/aromatic N) is 1. The molecule has 0 aliphatic carbocycles. The molecule has 0 saturated carbocycles. The van der Waals surface area contributed by atoms with Crippen LogP contribution in [0, 0.1) is 0 Å². The normalized spacial score (nSPS) is 23.6. The van der Waals surface area contributed by atoms with E-state index in [0.717, 1.165) is 26.0 Å². The number of pyridine rings is 1. The Morgan fingerprint density at radius 2 is 2.21 bits per heavy atom. The van der Waals surface area contributed by atoms with Crippen molar-refractivity contribution in [2.24, 2.45) is 0 Å². The fourth-order valence-corrected chi connectivity index (χ4v) is 2.76. The lowest BCUT2D eigenvalue weighted by Crippen LogP contribution is -2.37. The quantitative estimate of drug-likeness (QED) is 0.917. The molecule has 1 aromatic heterocycles. The number of hydrogen-bond acceptors (Lipinski definition) is 3. The Morgan fingerprint density at radius 3 is 3.11 bits per heavy atom. The molecule has 3 nitrogen and oxygen atoms in total. The van der Waals surface area contributed by atoms with Gasteiger partial charge in [0.05, 0.1) is 6.10 Å². The predicted molar refractivity (Wildman–Crippen MR) is 77.0 cm³/mol. The molecule has 0 spiro atoms. The van der Waals surface area contributed by atoms with E-state index in [1.165, 1.54) is 16.3 Å². The molecule has 2 aromatic rings. The fourth-order valence-electron chi connectivity index (χ4n) is 2.76. The molecule has 1 aliphatic rings. The number of ether oxygens (including phenoxy) is 1. The van der Waals surface area contributed by atoms with E-state index in [4.69, 9.17) is 4.74 Å². The second kappa shape index (κ2) is 5.68.